The summed E-state index contributed by atoms with van der Waals surface area (Å²) in [5, 5.41) is 10.6. The zero-order chi connectivity index (χ0) is 66.6. The lowest BCUT2D eigenvalue weighted by atomic mass is 10.0. The first kappa shape index (κ1) is 88.1. The van der Waals surface area contributed by atoms with E-state index in [9.17, 15) is 43.2 Å². The van der Waals surface area contributed by atoms with Crippen molar-refractivity contribution in [2.75, 3.05) is 39.6 Å². The Morgan fingerprint density at radius 2 is 0.511 bits per heavy atom. The zero-order valence-electron chi connectivity index (χ0n) is 58.6. The Morgan fingerprint density at radius 3 is 0.756 bits per heavy atom. The van der Waals surface area contributed by atoms with Gasteiger partial charge in [-0.2, -0.15) is 0 Å². The van der Waals surface area contributed by atoms with E-state index in [1.54, 1.807) is 0 Å². The Labute approximate surface area is 549 Å². The molecule has 0 spiro atoms. The Morgan fingerprint density at radius 1 is 0.300 bits per heavy atom. The maximum atomic E-state index is 13.0. The molecule has 0 radical (unpaired) electrons. The molecule has 19 heteroatoms. The van der Waals surface area contributed by atoms with Crippen molar-refractivity contribution in [1.82, 2.24) is 0 Å². The number of carbonyl (C=O) groups excluding carboxylic acids is 4. The van der Waals surface area contributed by atoms with Gasteiger partial charge in [-0.3, -0.25) is 37.3 Å². The van der Waals surface area contributed by atoms with Gasteiger partial charge in [0, 0.05) is 25.7 Å². The molecule has 0 aliphatic heterocycles. The average molecular weight is 1330 g/mol. The fraction of sp³-hybridized carbons (Fsp3) is 0.944. The molecule has 534 valence electrons. The molecule has 0 aromatic rings. The third kappa shape index (κ3) is 64.8. The number of aliphatic hydroxyl groups is 1. The van der Waals surface area contributed by atoms with E-state index in [2.05, 4.69) is 48.5 Å². The van der Waals surface area contributed by atoms with E-state index in [0.717, 1.165) is 108 Å². The highest BCUT2D eigenvalue weighted by molar-refractivity contribution is 7.47. The topological polar surface area (TPSA) is 237 Å². The van der Waals surface area contributed by atoms with Gasteiger partial charge in [0.2, 0.25) is 0 Å². The second-order valence-corrected chi connectivity index (χ2v) is 30.0. The van der Waals surface area contributed by atoms with E-state index in [0.29, 0.717) is 31.6 Å². The predicted molar refractivity (Wildman–Crippen MR) is 363 cm³/mol. The fourth-order valence-electron chi connectivity index (χ4n) is 10.7. The van der Waals surface area contributed by atoms with Gasteiger partial charge in [0.25, 0.3) is 0 Å². The van der Waals surface area contributed by atoms with Gasteiger partial charge in [-0.1, -0.05) is 305 Å². The van der Waals surface area contributed by atoms with E-state index in [4.69, 9.17) is 37.0 Å². The normalized spacial score (nSPS) is 14.2. The molecule has 0 amide bonds. The Bertz CT molecular complexity index is 1770. The molecule has 0 aliphatic carbocycles. The van der Waals surface area contributed by atoms with Crippen LogP contribution < -0.4 is 0 Å². The number of hydrogen-bond acceptors (Lipinski definition) is 15. The third-order valence-electron chi connectivity index (χ3n) is 16.4. The fourth-order valence-corrected chi connectivity index (χ4v) is 12.3. The lowest BCUT2D eigenvalue weighted by molar-refractivity contribution is -0.161. The minimum absolute atomic E-state index is 0.105. The van der Waals surface area contributed by atoms with Gasteiger partial charge in [-0.25, -0.2) is 9.13 Å². The van der Waals surface area contributed by atoms with Crippen LogP contribution in [0.2, 0.25) is 0 Å². The summed E-state index contributed by atoms with van der Waals surface area (Å²) in [7, 11) is -9.90. The minimum Gasteiger partial charge on any atom is -0.462 e. The van der Waals surface area contributed by atoms with E-state index < -0.39 is 97.5 Å². The number of hydrogen-bond donors (Lipinski definition) is 3. The predicted octanol–water partition coefficient (Wildman–Crippen LogP) is 20.2. The molecule has 3 N–H and O–H groups in total. The van der Waals surface area contributed by atoms with Crippen molar-refractivity contribution in [3.8, 4) is 0 Å². The van der Waals surface area contributed by atoms with Crippen molar-refractivity contribution >= 4 is 39.5 Å². The van der Waals surface area contributed by atoms with Crippen molar-refractivity contribution in [3.05, 3.63) is 0 Å². The number of carbonyl (C=O) groups is 4. The van der Waals surface area contributed by atoms with Crippen LogP contribution in [0.25, 0.3) is 0 Å². The smallest absolute Gasteiger partial charge is 0.462 e. The number of phosphoric ester groups is 2. The molecule has 0 saturated carbocycles. The van der Waals surface area contributed by atoms with E-state index >= 15 is 0 Å². The minimum atomic E-state index is -4.95. The molecule has 0 aromatic carbocycles. The molecule has 90 heavy (non-hydrogen) atoms. The van der Waals surface area contributed by atoms with Crippen LogP contribution in [0.15, 0.2) is 0 Å². The Hall–Kier alpha value is -1.94. The monoisotopic (exact) mass is 1320 g/mol. The largest absolute Gasteiger partial charge is 0.472 e. The molecule has 0 heterocycles. The number of unbranched alkanes of at least 4 members (excludes halogenated alkanes) is 37. The second-order valence-electron chi connectivity index (χ2n) is 27.1. The summed E-state index contributed by atoms with van der Waals surface area (Å²) in [6.45, 7) is 11.8. The number of rotatable bonds is 69. The lowest BCUT2D eigenvalue weighted by Crippen LogP contribution is -2.30. The maximum Gasteiger partial charge on any atom is 0.472 e. The number of aliphatic hydroxyl groups excluding tert-OH is 1. The van der Waals surface area contributed by atoms with E-state index in [1.807, 2.05) is 0 Å². The van der Waals surface area contributed by atoms with Gasteiger partial charge < -0.3 is 33.8 Å². The van der Waals surface area contributed by atoms with Gasteiger partial charge in [0.1, 0.15) is 19.3 Å². The molecule has 0 bridgehead atoms. The number of esters is 4. The van der Waals surface area contributed by atoms with Gasteiger partial charge in [-0.15, -0.1) is 0 Å². The van der Waals surface area contributed by atoms with Crippen LogP contribution in [0.4, 0.5) is 0 Å². The summed E-state index contributed by atoms with van der Waals surface area (Å²) in [6, 6.07) is 0. The molecule has 0 aromatic heterocycles. The van der Waals surface area contributed by atoms with Gasteiger partial charge in [-0.05, 0) is 43.4 Å². The Kier molecular flexibility index (Phi) is 60.6. The SMILES string of the molecule is CCCCCCCCCCCCCCCCC(=O)OC[C@H](COP(=O)(O)OC[C@@H](O)COP(=O)(O)OC[C@@H](COC(=O)CCCCCCCCC(C)C)OC(=O)CCCCCCCCCCCCC(C)C)OC(=O)CCCCCCCCCCCCCC(C)C. The zero-order valence-corrected chi connectivity index (χ0v) is 60.4. The summed E-state index contributed by atoms with van der Waals surface area (Å²) in [5.74, 6) is 0.0709. The molecule has 0 aliphatic rings. The average Bonchev–Trinajstić information content (AvgIpc) is 2.94. The van der Waals surface area contributed by atoms with Crippen molar-refractivity contribution in [2.45, 2.75) is 375 Å². The molecule has 17 nitrogen and oxygen atoms in total. The summed E-state index contributed by atoms with van der Waals surface area (Å²) < 4.78 is 68.3. The van der Waals surface area contributed by atoms with Crippen LogP contribution in [-0.4, -0.2) is 96.7 Å². The highest BCUT2D eigenvalue weighted by Gasteiger charge is 2.30. The molecule has 2 unspecified atom stereocenters. The van der Waals surface area contributed by atoms with Crippen LogP contribution in [0.1, 0.15) is 357 Å². The first-order valence-electron chi connectivity index (χ1n) is 36.8. The molecular formula is C71H138O17P2. The van der Waals surface area contributed by atoms with Crippen molar-refractivity contribution in [3.63, 3.8) is 0 Å². The van der Waals surface area contributed by atoms with Gasteiger partial charge in [0.15, 0.2) is 12.2 Å². The molecule has 0 fully saturated rings. The first-order valence-corrected chi connectivity index (χ1v) is 39.8. The van der Waals surface area contributed by atoms with Crippen LogP contribution in [0.5, 0.6) is 0 Å². The summed E-state index contributed by atoms with van der Waals surface area (Å²) in [5.41, 5.74) is 0. The second kappa shape index (κ2) is 61.9. The lowest BCUT2D eigenvalue weighted by Gasteiger charge is -2.21. The third-order valence-corrected chi connectivity index (χ3v) is 18.3. The molecule has 5 atom stereocenters. The van der Waals surface area contributed by atoms with E-state index in [-0.39, 0.29) is 25.7 Å². The molecule has 0 saturated heterocycles. The van der Waals surface area contributed by atoms with Crippen molar-refractivity contribution < 1.29 is 80.2 Å². The number of ether oxygens (including phenoxy) is 4. The van der Waals surface area contributed by atoms with Crippen LogP contribution in [-0.2, 0) is 65.4 Å². The number of phosphoric acid groups is 2. The summed E-state index contributed by atoms with van der Waals surface area (Å²) >= 11 is 0. The van der Waals surface area contributed by atoms with Crippen LogP contribution in [0.3, 0.4) is 0 Å². The van der Waals surface area contributed by atoms with Crippen molar-refractivity contribution in [2.24, 2.45) is 17.8 Å². The van der Waals surface area contributed by atoms with Crippen LogP contribution in [0, 0.1) is 17.8 Å². The maximum absolute atomic E-state index is 13.0. The quantitative estimate of drug-likeness (QED) is 0.0222. The van der Waals surface area contributed by atoms with Gasteiger partial charge >= 0.3 is 39.5 Å². The first-order chi connectivity index (χ1) is 43.2. The van der Waals surface area contributed by atoms with Crippen LogP contribution >= 0.6 is 15.6 Å². The van der Waals surface area contributed by atoms with Gasteiger partial charge in [0.05, 0.1) is 26.4 Å². The molecule has 0 rings (SSSR count). The summed E-state index contributed by atoms with van der Waals surface area (Å²) in [4.78, 5) is 72.6. The highest BCUT2D eigenvalue weighted by Crippen LogP contribution is 2.45. The molecular weight excluding hydrogens is 1190 g/mol. The Balaban J connectivity index is 5.25. The van der Waals surface area contributed by atoms with E-state index in [1.165, 1.54) is 161 Å². The standard InChI is InChI=1S/C71H138O17P2/c1-8-9-10-11-12-13-14-15-16-19-25-30-38-45-52-68(73)81-58-66(87-70(75)54-47-40-31-26-20-17-18-23-28-35-42-49-62(2)3)60-85-89(77,78)83-56-65(72)57-84-90(79,80)86-61-67(59-82-69(74)53-46-39-34-33-37-44-51-64(6)7)88-71(76)55-48-41-32-27-22-21-24-29-36-43-50-63(4)5/h62-67,72H,8-61H2,1-7H3,(H,77,78)(H,79,80)/t65-,66-,67-/m1/s1. The highest BCUT2D eigenvalue weighted by atomic mass is 31.2. The summed E-state index contributed by atoms with van der Waals surface area (Å²) in [6.07, 6.45) is 45.9. The van der Waals surface area contributed by atoms with Crippen molar-refractivity contribution in [1.29, 1.82) is 0 Å².